The minimum absolute atomic E-state index is 0.623. The lowest BCUT2D eigenvalue weighted by Crippen LogP contribution is -2.42. The summed E-state index contributed by atoms with van der Waals surface area (Å²) in [7, 11) is 0. The van der Waals surface area contributed by atoms with Gasteiger partial charge in [0, 0.05) is 18.6 Å². The molecule has 1 aliphatic carbocycles. The molecular weight excluding hydrogens is 160 g/mol. The van der Waals surface area contributed by atoms with Gasteiger partial charge in [-0.2, -0.15) is 0 Å². The van der Waals surface area contributed by atoms with Crippen molar-refractivity contribution < 1.29 is 0 Å². The first kappa shape index (κ1) is 11.0. The maximum Gasteiger partial charge on any atom is 0.0223 e. The molecule has 0 heterocycles. The third-order valence-corrected chi connectivity index (χ3v) is 2.87. The number of hydrogen-bond acceptors (Lipinski definition) is 2. The summed E-state index contributed by atoms with van der Waals surface area (Å²) in [5.74, 6) is 0.765. The fourth-order valence-corrected chi connectivity index (χ4v) is 2.13. The third kappa shape index (κ3) is 3.28. The molecule has 13 heavy (non-hydrogen) atoms. The largest absolute Gasteiger partial charge is 0.329 e. The van der Waals surface area contributed by atoms with E-state index in [0.717, 1.165) is 18.5 Å². The van der Waals surface area contributed by atoms with Gasteiger partial charge >= 0.3 is 0 Å². The molecule has 0 aromatic carbocycles. The minimum atomic E-state index is 0.623. The molecule has 0 bridgehead atoms. The average Bonchev–Trinajstić information content (AvgIpc) is 2.87. The van der Waals surface area contributed by atoms with Crippen molar-refractivity contribution in [3.63, 3.8) is 0 Å². The fourth-order valence-electron chi connectivity index (χ4n) is 2.13. The van der Waals surface area contributed by atoms with Crippen LogP contribution in [-0.2, 0) is 0 Å². The van der Waals surface area contributed by atoms with Crippen LogP contribution >= 0.6 is 0 Å². The molecular formula is C11H24N2. The van der Waals surface area contributed by atoms with Crippen molar-refractivity contribution in [1.29, 1.82) is 0 Å². The second kappa shape index (κ2) is 4.97. The van der Waals surface area contributed by atoms with Crippen LogP contribution < -0.4 is 5.73 Å². The monoisotopic (exact) mass is 184 g/mol. The Balaban J connectivity index is 2.41. The van der Waals surface area contributed by atoms with Crippen molar-refractivity contribution >= 4 is 0 Å². The van der Waals surface area contributed by atoms with Crippen LogP contribution in [0.5, 0.6) is 0 Å². The summed E-state index contributed by atoms with van der Waals surface area (Å²) in [6.45, 7) is 8.80. The van der Waals surface area contributed by atoms with Gasteiger partial charge in [0.25, 0.3) is 0 Å². The zero-order chi connectivity index (χ0) is 9.84. The van der Waals surface area contributed by atoms with Crippen LogP contribution in [0.2, 0.25) is 0 Å². The van der Waals surface area contributed by atoms with E-state index in [1.165, 1.54) is 25.8 Å². The van der Waals surface area contributed by atoms with Crippen molar-refractivity contribution in [2.24, 2.45) is 11.7 Å². The van der Waals surface area contributed by atoms with Gasteiger partial charge in [0.2, 0.25) is 0 Å². The predicted octanol–water partition coefficient (Wildman–Crippen LogP) is 1.84. The Labute approximate surface area is 82.5 Å². The van der Waals surface area contributed by atoms with Gasteiger partial charge in [0.1, 0.15) is 0 Å². The number of rotatable bonds is 6. The van der Waals surface area contributed by atoms with E-state index in [-0.39, 0.29) is 0 Å². The van der Waals surface area contributed by atoms with E-state index in [1.807, 2.05) is 0 Å². The molecule has 1 saturated carbocycles. The van der Waals surface area contributed by atoms with Crippen LogP contribution in [0, 0.1) is 5.92 Å². The molecule has 1 fully saturated rings. The summed E-state index contributed by atoms with van der Waals surface area (Å²) in [4.78, 5) is 2.60. The quantitative estimate of drug-likeness (QED) is 0.682. The number of likely N-dealkylation sites (N-methyl/N-ethyl adjacent to an activating group) is 1. The van der Waals surface area contributed by atoms with Crippen molar-refractivity contribution in [1.82, 2.24) is 4.90 Å². The maximum atomic E-state index is 5.82. The van der Waals surface area contributed by atoms with Gasteiger partial charge in [-0.15, -0.1) is 0 Å². The Morgan fingerprint density at radius 1 is 1.38 bits per heavy atom. The van der Waals surface area contributed by atoms with E-state index in [9.17, 15) is 0 Å². The van der Waals surface area contributed by atoms with Crippen molar-refractivity contribution in [3.8, 4) is 0 Å². The smallest absolute Gasteiger partial charge is 0.0223 e. The summed E-state index contributed by atoms with van der Waals surface area (Å²) in [6.07, 6.45) is 4.03. The van der Waals surface area contributed by atoms with E-state index >= 15 is 0 Å². The molecule has 0 radical (unpaired) electrons. The van der Waals surface area contributed by atoms with Crippen molar-refractivity contribution in [2.75, 3.05) is 13.1 Å². The summed E-state index contributed by atoms with van der Waals surface area (Å²) < 4.78 is 0. The molecule has 78 valence electrons. The first-order valence-corrected chi connectivity index (χ1v) is 5.64. The second-order valence-corrected chi connectivity index (χ2v) is 4.58. The minimum Gasteiger partial charge on any atom is -0.329 e. The summed E-state index contributed by atoms with van der Waals surface area (Å²) in [5.41, 5.74) is 5.82. The molecule has 0 aromatic rings. The molecule has 1 aliphatic rings. The molecule has 0 spiro atoms. The third-order valence-electron chi connectivity index (χ3n) is 2.87. The fraction of sp³-hybridized carbons (Fsp3) is 1.00. The molecule has 2 nitrogen and oxygen atoms in total. The topological polar surface area (TPSA) is 29.3 Å². The van der Waals surface area contributed by atoms with Gasteiger partial charge in [0.15, 0.2) is 0 Å². The van der Waals surface area contributed by atoms with Gasteiger partial charge in [-0.25, -0.2) is 0 Å². The Kier molecular flexibility index (Phi) is 4.20. The maximum absolute atomic E-state index is 5.82. The summed E-state index contributed by atoms with van der Waals surface area (Å²) >= 11 is 0. The van der Waals surface area contributed by atoms with Crippen LogP contribution in [0.15, 0.2) is 0 Å². The van der Waals surface area contributed by atoms with Crippen LogP contribution in [0.25, 0.3) is 0 Å². The van der Waals surface area contributed by atoms with Gasteiger partial charge < -0.3 is 5.73 Å². The van der Waals surface area contributed by atoms with Crippen LogP contribution in [-0.4, -0.2) is 30.1 Å². The van der Waals surface area contributed by atoms with Crippen LogP contribution in [0.4, 0.5) is 0 Å². The molecule has 1 atom stereocenters. The highest BCUT2D eigenvalue weighted by Gasteiger charge is 2.32. The Morgan fingerprint density at radius 3 is 2.31 bits per heavy atom. The zero-order valence-electron chi connectivity index (χ0n) is 9.29. The van der Waals surface area contributed by atoms with Crippen LogP contribution in [0.1, 0.15) is 40.0 Å². The molecule has 0 aromatic heterocycles. The lowest BCUT2D eigenvalue weighted by atomic mass is 10.0. The van der Waals surface area contributed by atoms with E-state index in [1.54, 1.807) is 0 Å². The highest BCUT2D eigenvalue weighted by Crippen LogP contribution is 2.29. The van der Waals surface area contributed by atoms with Crippen LogP contribution in [0.3, 0.4) is 0 Å². The molecule has 0 saturated heterocycles. The Hall–Kier alpha value is -0.0800. The lowest BCUT2D eigenvalue weighted by molar-refractivity contribution is 0.177. The molecule has 1 unspecified atom stereocenters. The summed E-state index contributed by atoms with van der Waals surface area (Å²) in [6, 6.07) is 1.48. The number of nitrogens with two attached hydrogens (primary N) is 1. The molecule has 2 N–H and O–H groups in total. The molecule has 0 aliphatic heterocycles. The van der Waals surface area contributed by atoms with E-state index in [0.29, 0.717) is 6.04 Å². The zero-order valence-corrected chi connectivity index (χ0v) is 9.29. The Morgan fingerprint density at radius 2 is 2.00 bits per heavy atom. The lowest BCUT2D eigenvalue weighted by Gasteiger charge is -2.31. The number of hydrogen-bond donors (Lipinski definition) is 1. The van der Waals surface area contributed by atoms with E-state index in [2.05, 4.69) is 25.7 Å². The highest BCUT2D eigenvalue weighted by atomic mass is 15.2. The predicted molar refractivity (Wildman–Crippen MR) is 57.7 cm³/mol. The standard InChI is InChI=1S/C11H24N2/c1-4-13(10-5-6-10)11(8-12)7-9(2)3/h9-11H,4-8,12H2,1-3H3. The Bertz CT molecular complexity index is 141. The van der Waals surface area contributed by atoms with Gasteiger partial charge in [-0.3, -0.25) is 4.90 Å². The molecule has 1 rings (SSSR count). The number of nitrogens with zero attached hydrogens (tertiary/aromatic N) is 1. The van der Waals surface area contributed by atoms with Gasteiger partial charge in [-0.1, -0.05) is 20.8 Å². The molecule has 2 heteroatoms. The summed E-state index contributed by atoms with van der Waals surface area (Å²) in [5, 5.41) is 0. The van der Waals surface area contributed by atoms with Gasteiger partial charge in [-0.05, 0) is 31.7 Å². The van der Waals surface area contributed by atoms with E-state index in [4.69, 9.17) is 5.73 Å². The average molecular weight is 184 g/mol. The van der Waals surface area contributed by atoms with Crippen molar-refractivity contribution in [2.45, 2.75) is 52.1 Å². The highest BCUT2D eigenvalue weighted by molar-refractivity contribution is 4.88. The normalized spacial score (nSPS) is 19.8. The molecule has 0 amide bonds. The second-order valence-electron chi connectivity index (χ2n) is 4.58. The first-order valence-electron chi connectivity index (χ1n) is 5.64. The van der Waals surface area contributed by atoms with Crippen molar-refractivity contribution in [3.05, 3.63) is 0 Å². The first-order chi connectivity index (χ1) is 6.19. The SMILES string of the molecule is CCN(C1CC1)C(CN)CC(C)C. The van der Waals surface area contributed by atoms with Gasteiger partial charge in [0.05, 0.1) is 0 Å². The van der Waals surface area contributed by atoms with E-state index < -0.39 is 0 Å².